The zero-order valence-electron chi connectivity index (χ0n) is 11.6. The maximum atomic E-state index is 5.96. The highest BCUT2D eigenvalue weighted by atomic mass is 35.5. The first-order valence-corrected chi connectivity index (χ1v) is 7.13. The van der Waals surface area contributed by atoms with Crippen LogP contribution in [-0.2, 0) is 18.3 Å². The quantitative estimate of drug-likeness (QED) is 0.922. The van der Waals surface area contributed by atoms with Crippen molar-refractivity contribution in [2.45, 2.75) is 38.1 Å². The number of rotatable bonds is 4. The number of imidazole rings is 1. The Hall–Kier alpha value is -0.580. The molecule has 19 heavy (non-hydrogen) atoms. The number of aryl methyl sites for hydroxylation is 1. The molecular weight excluding hydrogens is 262 g/mol. The SMILES string of the molecule is Cl.Cn1cnc2c1C(COCC1CCCC1)CNC2. The van der Waals surface area contributed by atoms with Gasteiger partial charge in [-0.3, -0.25) is 0 Å². The van der Waals surface area contributed by atoms with Gasteiger partial charge in [-0.2, -0.15) is 0 Å². The average Bonchev–Trinajstić information content (AvgIpc) is 3.00. The molecule has 1 saturated carbocycles. The number of nitrogens with one attached hydrogen (secondary N) is 1. The van der Waals surface area contributed by atoms with Crippen molar-refractivity contribution < 1.29 is 4.74 Å². The lowest BCUT2D eigenvalue weighted by Gasteiger charge is -2.24. The van der Waals surface area contributed by atoms with E-state index in [-0.39, 0.29) is 12.4 Å². The number of hydrogen-bond donors (Lipinski definition) is 1. The first-order chi connectivity index (χ1) is 8.84. The van der Waals surface area contributed by atoms with Crippen LogP contribution >= 0.6 is 12.4 Å². The number of ether oxygens (including phenoxy) is 1. The first kappa shape index (κ1) is 14.8. The highest BCUT2D eigenvalue weighted by molar-refractivity contribution is 5.85. The Morgan fingerprint density at radius 1 is 1.37 bits per heavy atom. The van der Waals surface area contributed by atoms with E-state index in [1.165, 1.54) is 37.1 Å². The number of nitrogens with zero attached hydrogens (tertiary/aromatic N) is 2. The standard InChI is InChI=1S/C14H23N3O.ClH/c1-17-10-16-13-7-15-6-12(14(13)17)9-18-8-11-4-2-3-5-11;/h10-12,15H,2-9H2,1H3;1H. The molecule has 0 radical (unpaired) electrons. The second-order valence-electron chi connectivity index (χ2n) is 5.70. The van der Waals surface area contributed by atoms with Crippen LogP contribution in [-0.4, -0.2) is 29.3 Å². The Bertz CT molecular complexity index is 401. The van der Waals surface area contributed by atoms with Crippen molar-refractivity contribution >= 4 is 12.4 Å². The molecule has 1 fully saturated rings. The molecule has 1 aliphatic carbocycles. The smallest absolute Gasteiger partial charge is 0.0949 e. The van der Waals surface area contributed by atoms with Crippen LogP contribution in [0.25, 0.3) is 0 Å². The Morgan fingerprint density at radius 3 is 2.95 bits per heavy atom. The third-order valence-electron chi connectivity index (χ3n) is 4.28. The molecule has 2 heterocycles. The summed E-state index contributed by atoms with van der Waals surface area (Å²) in [5.41, 5.74) is 2.55. The van der Waals surface area contributed by atoms with Gasteiger partial charge in [0.15, 0.2) is 0 Å². The van der Waals surface area contributed by atoms with E-state index >= 15 is 0 Å². The van der Waals surface area contributed by atoms with Crippen LogP contribution in [0.3, 0.4) is 0 Å². The summed E-state index contributed by atoms with van der Waals surface area (Å²) in [6, 6.07) is 0. The monoisotopic (exact) mass is 285 g/mol. The first-order valence-electron chi connectivity index (χ1n) is 7.13. The fourth-order valence-corrected chi connectivity index (χ4v) is 3.30. The zero-order chi connectivity index (χ0) is 12.4. The molecule has 3 rings (SSSR count). The van der Waals surface area contributed by atoms with Crippen molar-refractivity contribution in [3.8, 4) is 0 Å². The minimum absolute atomic E-state index is 0. The molecule has 0 saturated heterocycles. The van der Waals surface area contributed by atoms with Crippen molar-refractivity contribution in [3.63, 3.8) is 0 Å². The number of hydrogen-bond acceptors (Lipinski definition) is 3. The van der Waals surface area contributed by atoms with E-state index in [0.29, 0.717) is 5.92 Å². The summed E-state index contributed by atoms with van der Waals surface area (Å²) in [5, 5.41) is 3.43. The maximum absolute atomic E-state index is 5.96. The Balaban J connectivity index is 0.00000133. The predicted molar refractivity (Wildman–Crippen MR) is 77.7 cm³/mol. The van der Waals surface area contributed by atoms with Gasteiger partial charge in [-0.15, -0.1) is 12.4 Å². The lowest BCUT2D eigenvalue weighted by atomic mass is 10.0. The molecule has 1 unspecified atom stereocenters. The van der Waals surface area contributed by atoms with E-state index in [1.54, 1.807) is 0 Å². The predicted octanol–water partition coefficient (Wildman–Crippen LogP) is 2.24. The maximum Gasteiger partial charge on any atom is 0.0949 e. The lowest BCUT2D eigenvalue weighted by Crippen LogP contribution is -2.32. The molecule has 5 heteroatoms. The molecule has 1 aromatic rings. The molecule has 1 N–H and O–H groups in total. The van der Waals surface area contributed by atoms with Gasteiger partial charge in [0, 0.05) is 38.4 Å². The highest BCUT2D eigenvalue weighted by Gasteiger charge is 2.24. The minimum Gasteiger partial charge on any atom is -0.380 e. The summed E-state index contributed by atoms with van der Waals surface area (Å²) in [4.78, 5) is 4.44. The largest absolute Gasteiger partial charge is 0.380 e. The number of fused-ring (bicyclic) bond motifs is 1. The molecule has 1 aromatic heterocycles. The molecule has 0 aromatic carbocycles. The Morgan fingerprint density at radius 2 is 2.16 bits per heavy atom. The van der Waals surface area contributed by atoms with Gasteiger partial charge in [-0.05, 0) is 18.8 Å². The average molecular weight is 286 g/mol. The van der Waals surface area contributed by atoms with E-state index in [9.17, 15) is 0 Å². The van der Waals surface area contributed by atoms with E-state index in [1.807, 2.05) is 6.33 Å². The summed E-state index contributed by atoms with van der Waals surface area (Å²) in [7, 11) is 2.08. The van der Waals surface area contributed by atoms with Gasteiger partial charge in [0.1, 0.15) is 0 Å². The third-order valence-corrected chi connectivity index (χ3v) is 4.28. The van der Waals surface area contributed by atoms with Gasteiger partial charge in [-0.1, -0.05) is 12.8 Å². The van der Waals surface area contributed by atoms with Crippen molar-refractivity contribution in [2.75, 3.05) is 19.8 Å². The third kappa shape index (κ3) is 3.30. The van der Waals surface area contributed by atoms with Crippen molar-refractivity contribution in [2.24, 2.45) is 13.0 Å². The normalized spacial score (nSPS) is 23.1. The number of halogens is 1. The Labute approximate surface area is 121 Å². The molecule has 1 aliphatic heterocycles. The second-order valence-corrected chi connectivity index (χ2v) is 5.70. The lowest BCUT2D eigenvalue weighted by molar-refractivity contribution is 0.0863. The molecule has 0 amide bonds. The topological polar surface area (TPSA) is 39.1 Å². The van der Waals surface area contributed by atoms with Crippen molar-refractivity contribution in [1.29, 1.82) is 0 Å². The van der Waals surface area contributed by atoms with Gasteiger partial charge >= 0.3 is 0 Å². The second kappa shape index (κ2) is 6.73. The fraction of sp³-hybridized carbons (Fsp3) is 0.786. The molecule has 0 spiro atoms. The van der Waals surface area contributed by atoms with Gasteiger partial charge in [0.2, 0.25) is 0 Å². The summed E-state index contributed by atoms with van der Waals surface area (Å²) >= 11 is 0. The van der Waals surface area contributed by atoms with E-state index < -0.39 is 0 Å². The summed E-state index contributed by atoms with van der Waals surface area (Å²) in [6.07, 6.45) is 7.43. The molecule has 2 aliphatic rings. The molecule has 0 bridgehead atoms. The van der Waals surface area contributed by atoms with Crippen molar-refractivity contribution in [1.82, 2.24) is 14.9 Å². The Kier molecular flexibility index (Phi) is 5.25. The molecule has 108 valence electrons. The van der Waals surface area contributed by atoms with E-state index in [4.69, 9.17) is 4.74 Å². The van der Waals surface area contributed by atoms with Crippen LogP contribution in [0.15, 0.2) is 6.33 Å². The van der Waals surface area contributed by atoms with Crippen LogP contribution in [0.1, 0.15) is 43.0 Å². The van der Waals surface area contributed by atoms with Crippen LogP contribution in [0.4, 0.5) is 0 Å². The fourth-order valence-electron chi connectivity index (χ4n) is 3.30. The van der Waals surface area contributed by atoms with Gasteiger partial charge in [0.25, 0.3) is 0 Å². The van der Waals surface area contributed by atoms with Crippen LogP contribution < -0.4 is 5.32 Å². The van der Waals surface area contributed by atoms with Crippen LogP contribution in [0.2, 0.25) is 0 Å². The van der Waals surface area contributed by atoms with Crippen LogP contribution in [0.5, 0.6) is 0 Å². The van der Waals surface area contributed by atoms with Crippen LogP contribution in [0, 0.1) is 5.92 Å². The zero-order valence-corrected chi connectivity index (χ0v) is 12.4. The van der Waals surface area contributed by atoms with Gasteiger partial charge in [-0.25, -0.2) is 4.98 Å². The number of aromatic nitrogens is 2. The molecule has 4 nitrogen and oxygen atoms in total. The molecular formula is C14H24ClN3O. The highest BCUT2D eigenvalue weighted by Crippen LogP contribution is 2.26. The van der Waals surface area contributed by atoms with Gasteiger partial charge in [0.05, 0.1) is 18.6 Å². The summed E-state index contributed by atoms with van der Waals surface area (Å²) < 4.78 is 8.11. The van der Waals surface area contributed by atoms with Gasteiger partial charge < -0.3 is 14.6 Å². The summed E-state index contributed by atoms with van der Waals surface area (Å²) in [5.74, 6) is 1.27. The van der Waals surface area contributed by atoms with E-state index in [0.717, 1.165) is 32.2 Å². The molecule has 1 atom stereocenters. The summed E-state index contributed by atoms with van der Waals surface area (Å²) in [6.45, 7) is 3.69. The minimum atomic E-state index is 0. The van der Waals surface area contributed by atoms with E-state index in [2.05, 4.69) is 21.9 Å². The van der Waals surface area contributed by atoms with Crippen molar-refractivity contribution in [3.05, 3.63) is 17.7 Å².